The van der Waals surface area contributed by atoms with E-state index < -0.39 is 0 Å². The van der Waals surface area contributed by atoms with E-state index in [-0.39, 0.29) is 0 Å². The molecule has 110 valence electrons. The molecule has 0 spiro atoms. The zero-order valence-electron chi connectivity index (χ0n) is 12.4. The second-order valence-corrected chi connectivity index (χ2v) is 7.21. The van der Waals surface area contributed by atoms with E-state index in [9.17, 15) is 0 Å². The standard InChI is InChI=1S/C17H25BrN2/c1-2-19-9-13-6-7-16(17(18)8-13)12-20-10-14-4-3-5-15(14)11-20/h6-8,14-15,19H,2-5,9-12H2,1H3. The van der Waals surface area contributed by atoms with Crippen molar-refractivity contribution in [3.63, 3.8) is 0 Å². The van der Waals surface area contributed by atoms with Crippen LogP contribution in [0.2, 0.25) is 0 Å². The fourth-order valence-corrected chi connectivity index (χ4v) is 4.35. The SMILES string of the molecule is CCNCc1ccc(CN2CC3CCCC3C2)c(Br)c1. The van der Waals surface area contributed by atoms with Crippen molar-refractivity contribution in [2.45, 2.75) is 39.3 Å². The first-order valence-electron chi connectivity index (χ1n) is 7.96. The van der Waals surface area contributed by atoms with E-state index in [4.69, 9.17) is 0 Å². The second kappa shape index (κ2) is 6.59. The van der Waals surface area contributed by atoms with E-state index in [0.717, 1.165) is 31.5 Å². The summed E-state index contributed by atoms with van der Waals surface area (Å²) in [4.78, 5) is 2.65. The highest BCUT2D eigenvalue weighted by molar-refractivity contribution is 9.10. The fraction of sp³-hybridized carbons (Fsp3) is 0.647. The van der Waals surface area contributed by atoms with Gasteiger partial charge in [0, 0.05) is 30.7 Å². The third kappa shape index (κ3) is 3.26. The Labute approximate surface area is 131 Å². The smallest absolute Gasteiger partial charge is 0.0245 e. The van der Waals surface area contributed by atoms with Gasteiger partial charge >= 0.3 is 0 Å². The number of halogens is 1. The lowest BCUT2D eigenvalue weighted by Crippen LogP contribution is -2.21. The number of hydrogen-bond acceptors (Lipinski definition) is 2. The summed E-state index contributed by atoms with van der Waals surface area (Å²) < 4.78 is 1.27. The largest absolute Gasteiger partial charge is 0.313 e. The molecule has 1 aliphatic carbocycles. The molecule has 2 unspecified atom stereocenters. The van der Waals surface area contributed by atoms with Crippen LogP contribution in [0.15, 0.2) is 22.7 Å². The molecule has 20 heavy (non-hydrogen) atoms. The van der Waals surface area contributed by atoms with Gasteiger partial charge in [-0.25, -0.2) is 0 Å². The first-order chi connectivity index (χ1) is 9.76. The summed E-state index contributed by atoms with van der Waals surface area (Å²) in [6, 6.07) is 6.83. The number of hydrogen-bond donors (Lipinski definition) is 1. The number of nitrogens with zero attached hydrogens (tertiary/aromatic N) is 1. The average Bonchev–Trinajstić information content (AvgIpc) is 3.00. The molecular weight excluding hydrogens is 312 g/mol. The maximum Gasteiger partial charge on any atom is 0.0245 e. The van der Waals surface area contributed by atoms with E-state index in [0.29, 0.717) is 0 Å². The first kappa shape index (κ1) is 14.6. The summed E-state index contributed by atoms with van der Waals surface area (Å²) in [5.74, 6) is 1.98. The fourth-order valence-electron chi connectivity index (χ4n) is 3.80. The van der Waals surface area contributed by atoms with Crippen LogP contribution < -0.4 is 5.32 Å². The lowest BCUT2D eigenvalue weighted by Gasteiger charge is -2.18. The van der Waals surface area contributed by atoms with Crippen LogP contribution >= 0.6 is 15.9 Å². The van der Waals surface area contributed by atoms with Gasteiger partial charge in [-0.05, 0) is 48.4 Å². The Balaban J connectivity index is 1.60. The Bertz CT molecular complexity index is 448. The Hall–Kier alpha value is -0.380. The average molecular weight is 337 g/mol. The minimum atomic E-state index is 0.962. The van der Waals surface area contributed by atoms with Gasteiger partial charge in [-0.1, -0.05) is 41.4 Å². The highest BCUT2D eigenvalue weighted by Gasteiger charge is 2.35. The Morgan fingerprint density at radius 1 is 1.25 bits per heavy atom. The molecule has 1 heterocycles. The van der Waals surface area contributed by atoms with Crippen molar-refractivity contribution in [2.24, 2.45) is 11.8 Å². The zero-order valence-corrected chi connectivity index (χ0v) is 14.0. The molecule has 2 aliphatic rings. The highest BCUT2D eigenvalue weighted by atomic mass is 79.9. The van der Waals surface area contributed by atoms with Crippen molar-refractivity contribution >= 4 is 15.9 Å². The van der Waals surface area contributed by atoms with Crippen LogP contribution in [0.25, 0.3) is 0 Å². The van der Waals surface area contributed by atoms with Gasteiger partial charge in [-0.15, -0.1) is 0 Å². The van der Waals surface area contributed by atoms with Crippen LogP contribution in [0.4, 0.5) is 0 Å². The van der Waals surface area contributed by atoms with Crippen LogP contribution in [-0.2, 0) is 13.1 Å². The van der Waals surface area contributed by atoms with E-state index >= 15 is 0 Å². The molecule has 1 saturated heterocycles. The van der Waals surface area contributed by atoms with Crippen LogP contribution in [0, 0.1) is 11.8 Å². The van der Waals surface area contributed by atoms with Gasteiger partial charge in [0.1, 0.15) is 0 Å². The summed E-state index contributed by atoms with van der Waals surface area (Å²) in [6.45, 7) is 7.87. The van der Waals surface area contributed by atoms with Gasteiger partial charge in [0.15, 0.2) is 0 Å². The highest BCUT2D eigenvalue weighted by Crippen LogP contribution is 2.38. The summed E-state index contributed by atoms with van der Waals surface area (Å²) in [6.07, 6.45) is 4.39. The number of nitrogens with one attached hydrogen (secondary N) is 1. The van der Waals surface area contributed by atoms with Gasteiger partial charge < -0.3 is 5.32 Å². The van der Waals surface area contributed by atoms with E-state index in [1.54, 1.807) is 0 Å². The molecule has 2 nitrogen and oxygen atoms in total. The third-order valence-corrected chi connectivity index (χ3v) is 5.63. The van der Waals surface area contributed by atoms with Crippen molar-refractivity contribution in [1.82, 2.24) is 10.2 Å². The van der Waals surface area contributed by atoms with Gasteiger partial charge in [0.2, 0.25) is 0 Å². The van der Waals surface area contributed by atoms with Crippen LogP contribution in [0.1, 0.15) is 37.3 Å². The van der Waals surface area contributed by atoms with Gasteiger partial charge in [0.25, 0.3) is 0 Å². The Kier molecular flexibility index (Phi) is 4.79. The molecule has 0 amide bonds. The molecule has 1 saturated carbocycles. The topological polar surface area (TPSA) is 15.3 Å². The summed E-state index contributed by atoms with van der Waals surface area (Å²) in [5, 5.41) is 3.38. The van der Waals surface area contributed by atoms with Crippen molar-refractivity contribution in [3.05, 3.63) is 33.8 Å². The van der Waals surface area contributed by atoms with Gasteiger partial charge in [-0.3, -0.25) is 4.90 Å². The molecule has 0 radical (unpaired) electrons. The van der Waals surface area contributed by atoms with Gasteiger partial charge in [-0.2, -0.15) is 0 Å². The molecule has 1 aromatic carbocycles. The number of likely N-dealkylation sites (tertiary alicyclic amines) is 1. The molecule has 3 heteroatoms. The number of benzene rings is 1. The summed E-state index contributed by atoms with van der Waals surface area (Å²) >= 11 is 3.75. The maximum absolute atomic E-state index is 3.75. The Morgan fingerprint density at radius 2 is 2.00 bits per heavy atom. The quantitative estimate of drug-likeness (QED) is 0.879. The van der Waals surface area contributed by atoms with E-state index in [1.165, 1.54) is 48.0 Å². The minimum Gasteiger partial charge on any atom is -0.313 e. The van der Waals surface area contributed by atoms with E-state index in [2.05, 4.69) is 51.3 Å². The molecule has 1 N–H and O–H groups in total. The van der Waals surface area contributed by atoms with Crippen LogP contribution in [0.3, 0.4) is 0 Å². The predicted molar refractivity (Wildman–Crippen MR) is 87.6 cm³/mol. The maximum atomic E-state index is 3.75. The van der Waals surface area contributed by atoms with Crippen LogP contribution in [-0.4, -0.2) is 24.5 Å². The lowest BCUT2D eigenvalue weighted by molar-refractivity contribution is 0.303. The number of fused-ring (bicyclic) bond motifs is 1. The molecular formula is C17H25BrN2. The van der Waals surface area contributed by atoms with Crippen molar-refractivity contribution in [3.8, 4) is 0 Å². The van der Waals surface area contributed by atoms with Crippen molar-refractivity contribution < 1.29 is 0 Å². The second-order valence-electron chi connectivity index (χ2n) is 6.35. The predicted octanol–water partition coefficient (Wildman–Crippen LogP) is 3.79. The monoisotopic (exact) mass is 336 g/mol. The molecule has 2 fully saturated rings. The van der Waals surface area contributed by atoms with Crippen molar-refractivity contribution in [1.29, 1.82) is 0 Å². The normalized spacial score (nSPS) is 26.1. The molecule has 0 bridgehead atoms. The van der Waals surface area contributed by atoms with Crippen LogP contribution in [0.5, 0.6) is 0 Å². The molecule has 1 aromatic rings. The molecule has 1 aliphatic heterocycles. The van der Waals surface area contributed by atoms with Gasteiger partial charge in [0.05, 0.1) is 0 Å². The number of rotatable bonds is 5. The van der Waals surface area contributed by atoms with Crippen molar-refractivity contribution in [2.75, 3.05) is 19.6 Å². The molecule has 3 rings (SSSR count). The molecule has 2 atom stereocenters. The lowest BCUT2D eigenvalue weighted by atomic mass is 10.0. The zero-order chi connectivity index (χ0) is 13.9. The summed E-state index contributed by atoms with van der Waals surface area (Å²) in [5.41, 5.74) is 2.80. The minimum absolute atomic E-state index is 0.962. The third-order valence-electron chi connectivity index (χ3n) is 4.89. The van der Waals surface area contributed by atoms with E-state index in [1.807, 2.05) is 0 Å². The molecule has 0 aromatic heterocycles. The Morgan fingerprint density at radius 3 is 2.65 bits per heavy atom. The first-order valence-corrected chi connectivity index (χ1v) is 8.76. The summed E-state index contributed by atoms with van der Waals surface area (Å²) in [7, 11) is 0.